The molecule has 0 atom stereocenters. The summed E-state index contributed by atoms with van der Waals surface area (Å²) in [6.07, 6.45) is -0.250. The fourth-order valence-corrected chi connectivity index (χ4v) is 1.38. The van der Waals surface area contributed by atoms with Crippen molar-refractivity contribution in [3.05, 3.63) is 29.7 Å². The van der Waals surface area contributed by atoms with E-state index in [1.807, 2.05) is 0 Å². The SMILES string of the molecule is O=C(O)Cc1nc2cccc(CO)c2o1. The third-order valence-electron chi connectivity index (χ3n) is 2.01. The molecule has 0 saturated heterocycles. The second-order valence-corrected chi connectivity index (χ2v) is 3.10. The first-order valence-corrected chi connectivity index (χ1v) is 4.40. The summed E-state index contributed by atoms with van der Waals surface area (Å²) >= 11 is 0. The maximum atomic E-state index is 10.5. The van der Waals surface area contributed by atoms with Gasteiger partial charge in [0, 0.05) is 5.56 Å². The van der Waals surface area contributed by atoms with E-state index in [1.54, 1.807) is 18.2 Å². The van der Waals surface area contributed by atoms with Gasteiger partial charge in [-0.1, -0.05) is 12.1 Å². The van der Waals surface area contributed by atoms with Gasteiger partial charge in [0.1, 0.15) is 11.9 Å². The maximum Gasteiger partial charge on any atom is 0.312 e. The van der Waals surface area contributed by atoms with Gasteiger partial charge in [0.15, 0.2) is 5.58 Å². The van der Waals surface area contributed by atoms with Crippen LogP contribution in [0.4, 0.5) is 0 Å². The Labute approximate surface area is 85.0 Å². The number of aliphatic hydroxyl groups excluding tert-OH is 1. The van der Waals surface area contributed by atoms with Crippen LogP contribution in [0.5, 0.6) is 0 Å². The molecule has 0 spiro atoms. The van der Waals surface area contributed by atoms with Gasteiger partial charge in [0.25, 0.3) is 0 Å². The van der Waals surface area contributed by atoms with Crippen LogP contribution in [-0.4, -0.2) is 21.2 Å². The number of aliphatic carboxylic acids is 1. The van der Waals surface area contributed by atoms with Crippen molar-refractivity contribution in [1.29, 1.82) is 0 Å². The lowest BCUT2D eigenvalue weighted by Crippen LogP contribution is -1.99. The van der Waals surface area contributed by atoms with Gasteiger partial charge in [-0.2, -0.15) is 0 Å². The smallest absolute Gasteiger partial charge is 0.312 e. The zero-order valence-electron chi connectivity index (χ0n) is 7.80. The number of hydrogen-bond acceptors (Lipinski definition) is 4. The molecule has 78 valence electrons. The van der Waals surface area contributed by atoms with E-state index in [9.17, 15) is 4.79 Å². The molecule has 0 radical (unpaired) electrons. The van der Waals surface area contributed by atoms with Crippen LogP contribution in [-0.2, 0) is 17.8 Å². The Kier molecular flexibility index (Phi) is 2.39. The van der Waals surface area contributed by atoms with Crippen LogP contribution in [0.25, 0.3) is 11.1 Å². The van der Waals surface area contributed by atoms with Crippen molar-refractivity contribution in [1.82, 2.24) is 4.98 Å². The zero-order chi connectivity index (χ0) is 10.8. The van der Waals surface area contributed by atoms with Crippen molar-refractivity contribution >= 4 is 17.1 Å². The molecule has 2 rings (SSSR count). The van der Waals surface area contributed by atoms with E-state index in [1.165, 1.54) is 0 Å². The molecule has 0 amide bonds. The highest BCUT2D eigenvalue weighted by molar-refractivity contribution is 5.77. The fraction of sp³-hybridized carbons (Fsp3) is 0.200. The van der Waals surface area contributed by atoms with E-state index in [0.29, 0.717) is 16.7 Å². The Morgan fingerprint density at radius 2 is 2.27 bits per heavy atom. The quantitative estimate of drug-likeness (QED) is 0.782. The third kappa shape index (κ3) is 1.82. The molecule has 15 heavy (non-hydrogen) atoms. The minimum atomic E-state index is -0.993. The molecule has 1 aromatic heterocycles. The predicted molar refractivity (Wildman–Crippen MR) is 51.3 cm³/mol. The lowest BCUT2D eigenvalue weighted by Gasteiger charge is -1.94. The van der Waals surface area contributed by atoms with Crippen molar-refractivity contribution < 1.29 is 19.4 Å². The minimum Gasteiger partial charge on any atom is -0.481 e. The Morgan fingerprint density at radius 3 is 2.93 bits per heavy atom. The highest BCUT2D eigenvalue weighted by Crippen LogP contribution is 2.20. The molecule has 0 unspecified atom stereocenters. The second-order valence-electron chi connectivity index (χ2n) is 3.10. The van der Waals surface area contributed by atoms with Crippen molar-refractivity contribution in [2.45, 2.75) is 13.0 Å². The molecular formula is C10H9NO4. The van der Waals surface area contributed by atoms with Crippen molar-refractivity contribution in [2.75, 3.05) is 0 Å². The molecule has 0 aliphatic heterocycles. The van der Waals surface area contributed by atoms with Gasteiger partial charge in [-0.05, 0) is 6.07 Å². The average molecular weight is 207 g/mol. The van der Waals surface area contributed by atoms with E-state index < -0.39 is 5.97 Å². The number of para-hydroxylation sites is 1. The molecule has 5 nitrogen and oxygen atoms in total. The molecule has 1 heterocycles. The standard InChI is InChI=1S/C10H9NO4/c12-5-6-2-1-3-7-10(6)15-8(11-7)4-9(13)14/h1-3,12H,4-5H2,(H,13,14). The molecule has 0 aliphatic rings. The summed E-state index contributed by atoms with van der Waals surface area (Å²) in [5.74, 6) is -0.842. The number of fused-ring (bicyclic) bond motifs is 1. The number of carboxylic acids is 1. The predicted octanol–water partition coefficient (Wildman–Crippen LogP) is 0.947. The maximum absolute atomic E-state index is 10.5. The lowest BCUT2D eigenvalue weighted by molar-refractivity contribution is -0.136. The molecule has 0 bridgehead atoms. The first-order valence-electron chi connectivity index (χ1n) is 4.40. The van der Waals surface area contributed by atoms with Crippen LogP contribution in [0.1, 0.15) is 11.5 Å². The van der Waals surface area contributed by atoms with Crippen LogP contribution in [0, 0.1) is 0 Å². The summed E-state index contributed by atoms with van der Waals surface area (Å²) in [5, 5.41) is 17.6. The number of hydrogen-bond donors (Lipinski definition) is 2. The Balaban J connectivity index is 2.50. The molecular weight excluding hydrogens is 198 g/mol. The van der Waals surface area contributed by atoms with Gasteiger partial charge in [-0.15, -0.1) is 0 Å². The van der Waals surface area contributed by atoms with Gasteiger partial charge >= 0.3 is 5.97 Å². The number of aromatic nitrogens is 1. The third-order valence-corrected chi connectivity index (χ3v) is 2.01. The number of oxazole rings is 1. The van der Waals surface area contributed by atoms with Crippen molar-refractivity contribution in [3.63, 3.8) is 0 Å². The summed E-state index contributed by atoms with van der Waals surface area (Å²) < 4.78 is 5.25. The Bertz CT molecular complexity index is 503. The highest BCUT2D eigenvalue weighted by atomic mass is 16.4. The lowest BCUT2D eigenvalue weighted by atomic mass is 10.2. The zero-order valence-corrected chi connectivity index (χ0v) is 7.80. The monoisotopic (exact) mass is 207 g/mol. The Hall–Kier alpha value is -1.88. The highest BCUT2D eigenvalue weighted by Gasteiger charge is 2.11. The average Bonchev–Trinajstić information content (AvgIpc) is 2.58. The van der Waals surface area contributed by atoms with Gasteiger partial charge < -0.3 is 14.6 Å². The largest absolute Gasteiger partial charge is 0.481 e. The molecule has 1 aromatic carbocycles. The van der Waals surface area contributed by atoms with E-state index >= 15 is 0 Å². The van der Waals surface area contributed by atoms with Crippen molar-refractivity contribution in [3.8, 4) is 0 Å². The first kappa shape index (κ1) is 9.67. The van der Waals surface area contributed by atoms with E-state index in [2.05, 4.69) is 4.98 Å². The number of benzene rings is 1. The van der Waals surface area contributed by atoms with Gasteiger partial charge in [0.2, 0.25) is 5.89 Å². The number of carbonyl (C=O) groups is 1. The fourth-order valence-electron chi connectivity index (χ4n) is 1.38. The first-order chi connectivity index (χ1) is 7.20. The van der Waals surface area contributed by atoms with Crippen LogP contribution in [0.2, 0.25) is 0 Å². The van der Waals surface area contributed by atoms with Crippen LogP contribution in [0.15, 0.2) is 22.6 Å². The number of rotatable bonds is 3. The van der Waals surface area contributed by atoms with E-state index in [-0.39, 0.29) is 18.9 Å². The van der Waals surface area contributed by atoms with E-state index in [4.69, 9.17) is 14.6 Å². The summed E-state index contributed by atoms with van der Waals surface area (Å²) in [7, 11) is 0. The van der Waals surface area contributed by atoms with Crippen LogP contribution < -0.4 is 0 Å². The van der Waals surface area contributed by atoms with Crippen molar-refractivity contribution in [2.24, 2.45) is 0 Å². The van der Waals surface area contributed by atoms with Crippen LogP contribution in [0.3, 0.4) is 0 Å². The summed E-state index contributed by atoms with van der Waals surface area (Å²) in [6.45, 7) is -0.154. The second kappa shape index (κ2) is 3.70. The van der Waals surface area contributed by atoms with Gasteiger partial charge in [-0.25, -0.2) is 4.98 Å². The number of aliphatic hydroxyl groups is 1. The minimum absolute atomic E-state index is 0.151. The summed E-state index contributed by atoms with van der Waals surface area (Å²) in [4.78, 5) is 14.5. The summed E-state index contributed by atoms with van der Waals surface area (Å²) in [6, 6.07) is 5.16. The topological polar surface area (TPSA) is 83.6 Å². The van der Waals surface area contributed by atoms with Crippen LogP contribution >= 0.6 is 0 Å². The molecule has 2 aromatic rings. The molecule has 2 N–H and O–H groups in total. The normalized spacial score (nSPS) is 10.7. The van der Waals surface area contributed by atoms with E-state index in [0.717, 1.165) is 0 Å². The molecule has 5 heteroatoms. The number of carboxylic acid groups (broad SMARTS) is 1. The van der Waals surface area contributed by atoms with Gasteiger partial charge in [-0.3, -0.25) is 4.79 Å². The van der Waals surface area contributed by atoms with Gasteiger partial charge in [0.05, 0.1) is 6.61 Å². The molecule has 0 fully saturated rings. The Morgan fingerprint density at radius 1 is 1.47 bits per heavy atom. The summed E-state index contributed by atoms with van der Waals surface area (Å²) in [5.41, 5.74) is 1.63. The number of nitrogens with zero attached hydrogens (tertiary/aromatic N) is 1. The molecule has 0 aliphatic carbocycles. The molecule has 0 saturated carbocycles.